The molecule has 0 aliphatic carbocycles. The Kier molecular flexibility index (Phi) is 7.71. The molecule has 0 amide bonds. The second-order valence-corrected chi connectivity index (χ2v) is 8.21. The molecule has 0 spiro atoms. The minimum Gasteiger partial charge on any atom is -0.265 e. The van der Waals surface area contributed by atoms with Crippen molar-refractivity contribution in [1.29, 1.82) is 0 Å². The second kappa shape index (κ2) is 12.2. The molecule has 0 aliphatic rings. The van der Waals surface area contributed by atoms with Crippen molar-refractivity contribution in [3.63, 3.8) is 0 Å². The number of pyridine rings is 2. The largest absolute Gasteiger partial charge is 0.265 e. The highest BCUT2D eigenvalue weighted by molar-refractivity contribution is 5.51. The van der Waals surface area contributed by atoms with Crippen molar-refractivity contribution in [2.75, 3.05) is 0 Å². The lowest BCUT2D eigenvalue weighted by Crippen LogP contribution is -1.81. The monoisotopic (exact) mass is 480 g/mol. The zero-order valence-corrected chi connectivity index (χ0v) is 20.4. The minimum atomic E-state index is 0.917. The van der Waals surface area contributed by atoms with Gasteiger partial charge in [0.2, 0.25) is 0 Å². The number of nitrogens with zero attached hydrogens (tertiary/aromatic N) is 2. The SMILES string of the molecule is C(#Cc1ccc(C#Cc2cccc(C#Cc3ccc(C#Cc4ccncc4)cc3)c2)cc1)c1ccncc1. The van der Waals surface area contributed by atoms with Gasteiger partial charge in [-0.1, -0.05) is 53.4 Å². The van der Waals surface area contributed by atoms with Crippen LogP contribution in [-0.4, -0.2) is 9.97 Å². The van der Waals surface area contributed by atoms with E-state index in [0.29, 0.717) is 0 Å². The van der Waals surface area contributed by atoms with Crippen molar-refractivity contribution >= 4 is 0 Å². The highest BCUT2D eigenvalue weighted by Gasteiger charge is 1.94. The van der Waals surface area contributed by atoms with Crippen LogP contribution in [0.5, 0.6) is 0 Å². The molecule has 2 heteroatoms. The molecular weight excluding hydrogens is 460 g/mol. The molecule has 0 N–H and O–H groups in total. The third kappa shape index (κ3) is 7.11. The van der Waals surface area contributed by atoms with E-state index in [1.54, 1.807) is 24.8 Å². The van der Waals surface area contributed by atoms with Crippen molar-refractivity contribution in [1.82, 2.24) is 9.97 Å². The van der Waals surface area contributed by atoms with E-state index in [0.717, 1.165) is 44.5 Å². The molecule has 2 nitrogen and oxygen atoms in total. The third-order valence-electron chi connectivity index (χ3n) is 5.40. The summed E-state index contributed by atoms with van der Waals surface area (Å²) in [6, 6.07) is 31.4. The molecule has 0 radical (unpaired) electrons. The van der Waals surface area contributed by atoms with E-state index in [1.807, 2.05) is 97.1 Å². The first kappa shape index (κ1) is 23.9. The summed E-state index contributed by atoms with van der Waals surface area (Å²) in [6.45, 7) is 0. The molecule has 0 atom stereocenters. The van der Waals surface area contributed by atoms with Crippen LogP contribution in [0.4, 0.5) is 0 Å². The maximum absolute atomic E-state index is 4.01. The van der Waals surface area contributed by atoms with Crippen LogP contribution in [0.1, 0.15) is 44.5 Å². The lowest BCUT2D eigenvalue weighted by Gasteiger charge is -1.95. The molecule has 3 aromatic carbocycles. The van der Waals surface area contributed by atoms with Crippen molar-refractivity contribution in [3.8, 4) is 47.4 Å². The molecule has 5 aromatic rings. The fourth-order valence-corrected chi connectivity index (χ4v) is 3.40. The number of hydrogen-bond acceptors (Lipinski definition) is 2. The highest BCUT2D eigenvalue weighted by atomic mass is 14.6. The van der Waals surface area contributed by atoms with Crippen LogP contribution in [0.25, 0.3) is 0 Å². The molecular formula is C36H20N2. The van der Waals surface area contributed by atoms with Crippen molar-refractivity contribution < 1.29 is 0 Å². The standard InChI is InChI=1S/C36H20N2/c1-2-35(18-16-31-8-4-29(5-9-31)12-14-33-20-24-37-25-21-33)28-36(3-1)19-17-32-10-6-30(7-11-32)13-15-34-22-26-38-27-23-34/h1-11,20-28H. The third-order valence-corrected chi connectivity index (χ3v) is 5.40. The first-order valence-electron chi connectivity index (χ1n) is 12.0. The van der Waals surface area contributed by atoms with Gasteiger partial charge in [-0.3, -0.25) is 9.97 Å². The molecule has 0 bridgehead atoms. The molecule has 0 aliphatic heterocycles. The Hall–Kier alpha value is -5.80. The Morgan fingerprint density at radius 1 is 0.289 bits per heavy atom. The maximum Gasteiger partial charge on any atom is 0.0280 e. The van der Waals surface area contributed by atoms with Gasteiger partial charge in [-0.05, 0) is 91.0 Å². The summed E-state index contributed by atoms with van der Waals surface area (Å²) in [7, 11) is 0. The Morgan fingerprint density at radius 2 is 0.553 bits per heavy atom. The smallest absolute Gasteiger partial charge is 0.0280 e. The Morgan fingerprint density at radius 3 is 0.868 bits per heavy atom. The molecule has 2 aromatic heterocycles. The van der Waals surface area contributed by atoms with E-state index < -0.39 is 0 Å². The molecule has 174 valence electrons. The number of benzene rings is 3. The summed E-state index contributed by atoms with van der Waals surface area (Å²) >= 11 is 0. The van der Waals surface area contributed by atoms with E-state index in [-0.39, 0.29) is 0 Å². The van der Waals surface area contributed by atoms with Gasteiger partial charge in [0.05, 0.1) is 0 Å². The summed E-state index contributed by atoms with van der Waals surface area (Å²) in [5, 5.41) is 0. The lowest BCUT2D eigenvalue weighted by atomic mass is 10.1. The van der Waals surface area contributed by atoms with Gasteiger partial charge in [0.15, 0.2) is 0 Å². The molecule has 38 heavy (non-hydrogen) atoms. The Bertz CT molecular complexity index is 1650. The van der Waals surface area contributed by atoms with Crippen LogP contribution in [0.3, 0.4) is 0 Å². The predicted octanol–water partition coefficient (Wildman–Crippen LogP) is 6.08. The van der Waals surface area contributed by atoms with Crippen LogP contribution in [0.2, 0.25) is 0 Å². The van der Waals surface area contributed by atoms with Gasteiger partial charge in [-0.25, -0.2) is 0 Å². The van der Waals surface area contributed by atoms with Crippen LogP contribution in [0, 0.1) is 47.4 Å². The van der Waals surface area contributed by atoms with Crippen LogP contribution in [-0.2, 0) is 0 Å². The summed E-state index contributed by atoms with van der Waals surface area (Å²) in [6.07, 6.45) is 6.96. The quantitative estimate of drug-likeness (QED) is 0.251. The van der Waals surface area contributed by atoms with Gasteiger partial charge in [-0.2, -0.15) is 0 Å². The molecule has 2 heterocycles. The molecule has 0 saturated carbocycles. The van der Waals surface area contributed by atoms with Crippen molar-refractivity contribution in [2.45, 2.75) is 0 Å². The molecule has 0 saturated heterocycles. The Balaban J connectivity index is 1.23. The van der Waals surface area contributed by atoms with Gasteiger partial charge < -0.3 is 0 Å². The summed E-state index contributed by atoms with van der Waals surface area (Å²) < 4.78 is 0. The summed E-state index contributed by atoms with van der Waals surface area (Å²) in [4.78, 5) is 8.02. The topological polar surface area (TPSA) is 25.8 Å². The van der Waals surface area contributed by atoms with Crippen LogP contribution >= 0.6 is 0 Å². The average Bonchev–Trinajstić information content (AvgIpc) is 2.99. The lowest BCUT2D eigenvalue weighted by molar-refractivity contribution is 1.32. The summed E-state index contributed by atoms with van der Waals surface area (Å²) in [5.74, 6) is 25.5. The number of rotatable bonds is 0. The fourth-order valence-electron chi connectivity index (χ4n) is 3.40. The number of aromatic nitrogens is 2. The normalized spacial score (nSPS) is 9.26. The second-order valence-electron chi connectivity index (χ2n) is 8.21. The predicted molar refractivity (Wildman–Crippen MR) is 152 cm³/mol. The van der Waals surface area contributed by atoms with Crippen molar-refractivity contribution in [2.24, 2.45) is 0 Å². The van der Waals surface area contributed by atoms with Gasteiger partial charge in [0.25, 0.3) is 0 Å². The van der Waals surface area contributed by atoms with E-state index in [9.17, 15) is 0 Å². The van der Waals surface area contributed by atoms with Gasteiger partial charge in [0.1, 0.15) is 0 Å². The first-order valence-corrected chi connectivity index (χ1v) is 12.0. The van der Waals surface area contributed by atoms with Crippen LogP contribution in [0.15, 0.2) is 122 Å². The van der Waals surface area contributed by atoms with Crippen LogP contribution < -0.4 is 0 Å². The van der Waals surface area contributed by atoms with Gasteiger partial charge in [-0.15, -0.1) is 0 Å². The average molecular weight is 481 g/mol. The molecule has 0 unspecified atom stereocenters. The summed E-state index contributed by atoms with van der Waals surface area (Å²) in [5.41, 5.74) is 7.47. The minimum absolute atomic E-state index is 0.917. The maximum atomic E-state index is 4.01. The molecule has 5 rings (SSSR count). The zero-order valence-electron chi connectivity index (χ0n) is 20.4. The zero-order chi connectivity index (χ0) is 25.8. The van der Waals surface area contributed by atoms with Crippen molar-refractivity contribution in [3.05, 3.63) is 166 Å². The molecule has 0 fully saturated rings. The number of hydrogen-bond donors (Lipinski definition) is 0. The fraction of sp³-hybridized carbons (Fsp3) is 0. The van der Waals surface area contributed by atoms with E-state index in [2.05, 4.69) is 57.3 Å². The van der Waals surface area contributed by atoms with Gasteiger partial charge in [0, 0.05) is 69.3 Å². The Labute approximate surface area is 223 Å². The van der Waals surface area contributed by atoms with E-state index >= 15 is 0 Å². The first-order chi connectivity index (χ1) is 18.8. The van der Waals surface area contributed by atoms with Gasteiger partial charge >= 0.3 is 0 Å². The van der Waals surface area contributed by atoms with E-state index in [4.69, 9.17) is 0 Å². The highest BCUT2D eigenvalue weighted by Crippen LogP contribution is 2.07. The van der Waals surface area contributed by atoms with E-state index in [1.165, 1.54) is 0 Å².